The number of halogens is 1. The summed E-state index contributed by atoms with van der Waals surface area (Å²) in [6, 6.07) is 8.66. The van der Waals surface area contributed by atoms with Gasteiger partial charge in [0.2, 0.25) is 5.78 Å². The fourth-order valence-electron chi connectivity index (χ4n) is 2.64. The van der Waals surface area contributed by atoms with Crippen molar-refractivity contribution in [1.29, 1.82) is 0 Å². The molecule has 3 rings (SSSR count). The maximum atomic E-state index is 12.9. The zero-order chi connectivity index (χ0) is 14.3. The third kappa shape index (κ3) is 1.91. The molecule has 0 radical (unpaired) electrons. The van der Waals surface area contributed by atoms with Crippen LogP contribution >= 0.6 is 0 Å². The Balaban J connectivity index is 1.97. The first-order chi connectivity index (χ1) is 9.58. The van der Waals surface area contributed by atoms with Gasteiger partial charge in [-0.3, -0.25) is 9.59 Å². The summed E-state index contributed by atoms with van der Waals surface area (Å²) in [6.07, 6.45) is 0.495. The number of carbonyl (C=O) groups excluding carboxylic acids is 1. The third-order valence-corrected chi connectivity index (χ3v) is 3.65. The maximum Gasteiger partial charge on any atom is 0.312 e. The molecular weight excluding hydrogens is 261 g/mol. The van der Waals surface area contributed by atoms with E-state index in [1.807, 2.05) is 0 Å². The molecule has 0 aliphatic carbocycles. The van der Waals surface area contributed by atoms with Crippen molar-refractivity contribution in [1.82, 2.24) is 4.57 Å². The monoisotopic (exact) mass is 273 g/mol. The average Bonchev–Trinajstić information content (AvgIpc) is 2.99. The Bertz CT molecular complexity index is 688. The fourth-order valence-corrected chi connectivity index (χ4v) is 2.64. The molecule has 102 valence electrons. The number of rotatable bonds is 3. The first kappa shape index (κ1) is 12.6. The lowest BCUT2D eigenvalue weighted by atomic mass is 10.1. The van der Waals surface area contributed by atoms with Crippen molar-refractivity contribution in [3.63, 3.8) is 0 Å². The molecule has 1 aromatic carbocycles. The van der Waals surface area contributed by atoms with Gasteiger partial charge in [0.05, 0.1) is 11.6 Å². The normalized spacial score (nSPS) is 16.9. The van der Waals surface area contributed by atoms with E-state index in [-0.39, 0.29) is 5.78 Å². The number of aromatic nitrogens is 1. The molecule has 1 aliphatic heterocycles. The summed E-state index contributed by atoms with van der Waals surface area (Å²) in [4.78, 5) is 23.5. The van der Waals surface area contributed by atoms with Crippen LogP contribution in [0.25, 0.3) is 0 Å². The van der Waals surface area contributed by atoms with E-state index in [0.29, 0.717) is 29.9 Å². The number of carboxylic acids is 1. The van der Waals surface area contributed by atoms with Gasteiger partial charge < -0.3 is 9.67 Å². The number of fused-ring (bicyclic) bond motifs is 1. The molecule has 0 bridgehead atoms. The van der Waals surface area contributed by atoms with Gasteiger partial charge in [-0.05, 0) is 42.8 Å². The van der Waals surface area contributed by atoms with E-state index >= 15 is 0 Å². The molecule has 0 spiro atoms. The summed E-state index contributed by atoms with van der Waals surface area (Å²) in [5.74, 6) is -2.04. The Morgan fingerprint density at radius 1 is 1.15 bits per heavy atom. The molecule has 5 heteroatoms. The van der Waals surface area contributed by atoms with Crippen LogP contribution in [0.2, 0.25) is 0 Å². The molecule has 0 fully saturated rings. The van der Waals surface area contributed by atoms with Crippen molar-refractivity contribution >= 4 is 11.8 Å². The summed E-state index contributed by atoms with van der Waals surface area (Å²) in [5, 5.41) is 9.12. The highest BCUT2D eigenvalue weighted by molar-refractivity contribution is 6.08. The van der Waals surface area contributed by atoms with Gasteiger partial charge in [0.1, 0.15) is 5.82 Å². The second kappa shape index (κ2) is 4.59. The Kier molecular flexibility index (Phi) is 2.89. The van der Waals surface area contributed by atoms with E-state index in [0.717, 1.165) is 0 Å². The zero-order valence-corrected chi connectivity index (χ0v) is 10.5. The second-order valence-electron chi connectivity index (χ2n) is 4.81. The number of hydrogen-bond donors (Lipinski definition) is 1. The number of benzene rings is 1. The lowest BCUT2D eigenvalue weighted by Crippen LogP contribution is -2.10. The highest BCUT2D eigenvalue weighted by Gasteiger charge is 2.31. The minimum atomic E-state index is -0.873. The van der Waals surface area contributed by atoms with E-state index in [1.165, 1.54) is 24.3 Å². The van der Waals surface area contributed by atoms with Crippen molar-refractivity contribution in [3.8, 4) is 0 Å². The van der Waals surface area contributed by atoms with Crippen molar-refractivity contribution in [2.24, 2.45) is 0 Å². The predicted molar refractivity (Wildman–Crippen MR) is 69.3 cm³/mol. The Morgan fingerprint density at radius 2 is 1.85 bits per heavy atom. The van der Waals surface area contributed by atoms with E-state index in [4.69, 9.17) is 5.11 Å². The SMILES string of the molecule is O=C(c1ccc(F)cc1)c1ccc2n1CCC2C(=O)O. The van der Waals surface area contributed by atoms with Crippen LogP contribution in [-0.2, 0) is 11.3 Å². The molecule has 4 nitrogen and oxygen atoms in total. The summed E-state index contributed by atoms with van der Waals surface area (Å²) in [7, 11) is 0. The van der Waals surface area contributed by atoms with Gasteiger partial charge in [-0.25, -0.2) is 4.39 Å². The number of carbonyl (C=O) groups is 2. The minimum absolute atomic E-state index is 0.220. The van der Waals surface area contributed by atoms with Gasteiger partial charge in [0.25, 0.3) is 0 Å². The van der Waals surface area contributed by atoms with Crippen molar-refractivity contribution in [2.75, 3.05) is 0 Å². The lowest BCUT2D eigenvalue weighted by Gasteiger charge is -2.05. The summed E-state index contributed by atoms with van der Waals surface area (Å²) < 4.78 is 14.6. The first-order valence-electron chi connectivity index (χ1n) is 6.30. The first-order valence-corrected chi connectivity index (χ1v) is 6.30. The fraction of sp³-hybridized carbons (Fsp3) is 0.200. The average molecular weight is 273 g/mol. The standard InChI is InChI=1S/C15H12FNO3/c16-10-3-1-9(2-4-10)14(18)13-6-5-12-11(15(19)20)7-8-17(12)13/h1-6,11H,7-8H2,(H,19,20). The van der Waals surface area contributed by atoms with Gasteiger partial charge >= 0.3 is 5.97 Å². The molecule has 2 heterocycles. The van der Waals surface area contributed by atoms with E-state index in [2.05, 4.69) is 0 Å². The summed E-state index contributed by atoms with van der Waals surface area (Å²) >= 11 is 0. The van der Waals surface area contributed by atoms with Crippen molar-refractivity contribution in [2.45, 2.75) is 18.9 Å². The van der Waals surface area contributed by atoms with Crippen LogP contribution < -0.4 is 0 Å². The molecule has 1 aliphatic rings. The molecule has 1 N–H and O–H groups in total. The van der Waals surface area contributed by atoms with E-state index in [1.54, 1.807) is 16.7 Å². The van der Waals surface area contributed by atoms with Gasteiger partial charge in [0, 0.05) is 17.8 Å². The van der Waals surface area contributed by atoms with Crippen LogP contribution in [0.1, 0.15) is 34.1 Å². The molecule has 2 aromatic rings. The Labute approximate surface area is 114 Å². The molecule has 1 aromatic heterocycles. The largest absolute Gasteiger partial charge is 0.481 e. The number of carboxylic acid groups (broad SMARTS) is 1. The molecule has 0 saturated carbocycles. The number of hydrogen-bond acceptors (Lipinski definition) is 2. The summed E-state index contributed by atoms with van der Waals surface area (Å²) in [6.45, 7) is 0.515. The molecular formula is C15H12FNO3. The van der Waals surface area contributed by atoms with Crippen LogP contribution in [0.5, 0.6) is 0 Å². The van der Waals surface area contributed by atoms with Crippen LogP contribution in [0.4, 0.5) is 4.39 Å². The van der Waals surface area contributed by atoms with E-state index < -0.39 is 17.7 Å². The van der Waals surface area contributed by atoms with Crippen molar-refractivity contribution < 1.29 is 19.1 Å². The molecule has 1 unspecified atom stereocenters. The number of nitrogens with zero attached hydrogens (tertiary/aromatic N) is 1. The quantitative estimate of drug-likeness (QED) is 0.874. The van der Waals surface area contributed by atoms with Crippen LogP contribution in [0, 0.1) is 5.82 Å². The molecule has 20 heavy (non-hydrogen) atoms. The number of aliphatic carboxylic acids is 1. The van der Waals surface area contributed by atoms with Crippen LogP contribution in [0.15, 0.2) is 36.4 Å². The maximum absolute atomic E-state index is 12.9. The summed E-state index contributed by atoms with van der Waals surface area (Å²) in [5.41, 5.74) is 1.50. The zero-order valence-electron chi connectivity index (χ0n) is 10.5. The molecule has 0 amide bonds. The highest BCUT2D eigenvalue weighted by Crippen LogP contribution is 2.31. The molecule has 0 saturated heterocycles. The van der Waals surface area contributed by atoms with E-state index in [9.17, 15) is 14.0 Å². The van der Waals surface area contributed by atoms with Crippen LogP contribution in [-0.4, -0.2) is 21.4 Å². The van der Waals surface area contributed by atoms with Gasteiger partial charge in [-0.2, -0.15) is 0 Å². The van der Waals surface area contributed by atoms with Gasteiger partial charge in [0.15, 0.2) is 0 Å². The smallest absolute Gasteiger partial charge is 0.312 e. The minimum Gasteiger partial charge on any atom is -0.481 e. The third-order valence-electron chi connectivity index (χ3n) is 3.65. The lowest BCUT2D eigenvalue weighted by molar-refractivity contribution is -0.138. The van der Waals surface area contributed by atoms with Crippen LogP contribution in [0.3, 0.4) is 0 Å². The van der Waals surface area contributed by atoms with Crippen molar-refractivity contribution in [3.05, 3.63) is 59.2 Å². The predicted octanol–water partition coefficient (Wildman–Crippen LogP) is 2.43. The number of ketones is 1. The Hall–Kier alpha value is -2.43. The second-order valence-corrected chi connectivity index (χ2v) is 4.81. The van der Waals surface area contributed by atoms with Gasteiger partial charge in [-0.1, -0.05) is 0 Å². The molecule has 1 atom stereocenters. The topological polar surface area (TPSA) is 59.3 Å². The highest BCUT2D eigenvalue weighted by atomic mass is 19.1. The Morgan fingerprint density at radius 3 is 2.50 bits per heavy atom. The van der Waals surface area contributed by atoms with Gasteiger partial charge in [-0.15, -0.1) is 0 Å².